The van der Waals surface area contributed by atoms with E-state index >= 15 is 0 Å². The Morgan fingerprint density at radius 2 is 1.71 bits per heavy atom. The monoisotopic (exact) mass is 324 g/mol. The van der Waals surface area contributed by atoms with Crippen molar-refractivity contribution in [3.63, 3.8) is 0 Å². The van der Waals surface area contributed by atoms with Crippen LogP contribution in [-0.4, -0.2) is 20.3 Å². The molecule has 0 amide bonds. The number of benzene rings is 2. The van der Waals surface area contributed by atoms with Crippen LogP contribution in [0.4, 0.5) is 0 Å². The molecule has 0 bridgehead atoms. The molecule has 0 radical (unpaired) electrons. The first-order chi connectivity index (χ1) is 11.6. The van der Waals surface area contributed by atoms with Crippen molar-refractivity contribution in [1.82, 2.24) is 0 Å². The average Bonchev–Trinajstić information content (AvgIpc) is 2.61. The summed E-state index contributed by atoms with van der Waals surface area (Å²) in [6, 6.07) is 12.5. The van der Waals surface area contributed by atoms with Crippen LogP contribution in [0.5, 0.6) is 17.2 Å². The molecule has 1 atom stereocenters. The third-order valence-electron chi connectivity index (χ3n) is 4.32. The molecule has 0 spiro atoms. The SMILES string of the molecule is COc1ccc(C2CC=Cc3c2ccc(OC)c3OC(C)C)cc1. The molecule has 0 saturated carbocycles. The molecule has 2 aromatic carbocycles. The van der Waals surface area contributed by atoms with Gasteiger partial charge < -0.3 is 14.2 Å². The topological polar surface area (TPSA) is 27.7 Å². The molecule has 0 heterocycles. The molecular formula is C21H24O3. The zero-order chi connectivity index (χ0) is 17.1. The van der Waals surface area contributed by atoms with E-state index in [9.17, 15) is 0 Å². The maximum Gasteiger partial charge on any atom is 0.169 e. The molecule has 0 fully saturated rings. The van der Waals surface area contributed by atoms with Gasteiger partial charge in [-0.2, -0.15) is 0 Å². The van der Waals surface area contributed by atoms with Gasteiger partial charge in [0.2, 0.25) is 0 Å². The first-order valence-corrected chi connectivity index (χ1v) is 8.32. The largest absolute Gasteiger partial charge is 0.497 e. The third-order valence-corrected chi connectivity index (χ3v) is 4.32. The molecule has 1 unspecified atom stereocenters. The van der Waals surface area contributed by atoms with Gasteiger partial charge in [0.1, 0.15) is 5.75 Å². The van der Waals surface area contributed by atoms with Crippen molar-refractivity contribution >= 4 is 6.08 Å². The minimum absolute atomic E-state index is 0.0974. The Balaban J connectivity index is 2.05. The van der Waals surface area contributed by atoms with Gasteiger partial charge in [-0.3, -0.25) is 0 Å². The minimum atomic E-state index is 0.0974. The number of ether oxygens (including phenoxy) is 3. The zero-order valence-electron chi connectivity index (χ0n) is 14.7. The highest BCUT2D eigenvalue weighted by molar-refractivity contribution is 5.69. The Kier molecular flexibility index (Phi) is 4.79. The lowest BCUT2D eigenvalue weighted by molar-refractivity contribution is 0.229. The van der Waals surface area contributed by atoms with Crippen molar-refractivity contribution in [2.24, 2.45) is 0 Å². The summed E-state index contributed by atoms with van der Waals surface area (Å²) in [4.78, 5) is 0. The van der Waals surface area contributed by atoms with Gasteiger partial charge >= 0.3 is 0 Å². The van der Waals surface area contributed by atoms with Crippen molar-refractivity contribution in [1.29, 1.82) is 0 Å². The summed E-state index contributed by atoms with van der Waals surface area (Å²) in [5, 5.41) is 0. The highest BCUT2D eigenvalue weighted by Crippen LogP contribution is 2.43. The number of rotatable bonds is 5. The van der Waals surface area contributed by atoms with Gasteiger partial charge in [-0.05, 0) is 49.6 Å². The maximum absolute atomic E-state index is 6.06. The first kappa shape index (κ1) is 16.4. The van der Waals surface area contributed by atoms with Crippen LogP contribution < -0.4 is 14.2 Å². The molecule has 0 N–H and O–H groups in total. The van der Waals surface area contributed by atoms with Gasteiger partial charge in [-0.25, -0.2) is 0 Å². The molecule has 0 aliphatic heterocycles. The van der Waals surface area contributed by atoms with E-state index in [0.29, 0.717) is 5.92 Å². The molecular weight excluding hydrogens is 300 g/mol. The molecule has 1 aliphatic carbocycles. The molecule has 3 heteroatoms. The van der Waals surface area contributed by atoms with Crippen molar-refractivity contribution < 1.29 is 14.2 Å². The van der Waals surface area contributed by atoms with E-state index in [1.807, 2.05) is 32.0 Å². The standard InChI is InChI=1S/C21H24O3/c1-14(2)24-21-19-7-5-6-17(18(19)12-13-20(21)23-4)15-8-10-16(22-3)11-9-15/h5,7-14,17H,6H2,1-4H3. The average molecular weight is 324 g/mol. The number of methoxy groups -OCH3 is 2. The first-order valence-electron chi connectivity index (χ1n) is 8.32. The van der Waals surface area contributed by atoms with Gasteiger partial charge in [0.25, 0.3) is 0 Å². The molecule has 3 rings (SSSR count). The van der Waals surface area contributed by atoms with Crippen LogP contribution in [0.1, 0.15) is 42.9 Å². The van der Waals surface area contributed by atoms with Gasteiger partial charge in [-0.1, -0.05) is 30.4 Å². The highest BCUT2D eigenvalue weighted by Gasteiger charge is 2.24. The predicted octanol–water partition coefficient (Wildman–Crippen LogP) is 5.04. The summed E-state index contributed by atoms with van der Waals surface area (Å²) in [5.41, 5.74) is 3.68. The maximum atomic E-state index is 6.06. The quantitative estimate of drug-likeness (QED) is 0.771. The van der Waals surface area contributed by atoms with E-state index in [4.69, 9.17) is 14.2 Å². The number of allylic oxidation sites excluding steroid dienone is 1. The number of hydrogen-bond donors (Lipinski definition) is 0. The second-order valence-electron chi connectivity index (χ2n) is 6.23. The van der Waals surface area contributed by atoms with Crippen LogP contribution in [0, 0.1) is 0 Å². The smallest absolute Gasteiger partial charge is 0.169 e. The van der Waals surface area contributed by atoms with Gasteiger partial charge in [-0.15, -0.1) is 0 Å². The fraction of sp³-hybridized carbons (Fsp3) is 0.333. The van der Waals surface area contributed by atoms with Crippen molar-refractivity contribution in [2.75, 3.05) is 14.2 Å². The van der Waals surface area contributed by atoms with Crippen LogP contribution in [0.15, 0.2) is 42.5 Å². The van der Waals surface area contributed by atoms with Gasteiger partial charge in [0.15, 0.2) is 11.5 Å². The second kappa shape index (κ2) is 7.00. The summed E-state index contributed by atoms with van der Waals surface area (Å²) < 4.78 is 16.8. The van der Waals surface area contributed by atoms with Crippen molar-refractivity contribution in [3.8, 4) is 17.2 Å². The lowest BCUT2D eigenvalue weighted by Gasteiger charge is -2.26. The molecule has 126 valence electrons. The Bertz CT molecular complexity index is 729. The van der Waals surface area contributed by atoms with Crippen LogP contribution in [-0.2, 0) is 0 Å². The van der Waals surface area contributed by atoms with E-state index in [0.717, 1.165) is 29.2 Å². The Morgan fingerprint density at radius 3 is 2.33 bits per heavy atom. The van der Waals surface area contributed by atoms with Crippen LogP contribution >= 0.6 is 0 Å². The predicted molar refractivity (Wildman–Crippen MR) is 97.2 cm³/mol. The number of hydrogen-bond acceptors (Lipinski definition) is 3. The van der Waals surface area contributed by atoms with E-state index in [1.54, 1.807) is 14.2 Å². The van der Waals surface area contributed by atoms with Crippen LogP contribution in [0.25, 0.3) is 6.08 Å². The molecule has 2 aromatic rings. The Hall–Kier alpha value is -2.42. The molecule has 0 aromatic heterocycles. The molecule has 3 nitrogen and oxygen atoms in total. The van der Waals surface area contributed by atoms with Crippen molar-refractivity contribution in [3.05, 3.63) is 59.2 Å². The fourth-order valence-electron chi connectivity index (χ4n) is 3.19. The fourth-order valence-corrected chi connectivity index (χ4v) is 3.19. The zero-order valence-corrected chi connectivity index (χ0v) is 14.7. The lowest BCUT2D eigenvalue weighted by Crippen LogP contribution is -2.12. The summed E-state index contributed by atoms with van der Waals surface area (Å²) in [5.74, 6) is 2.81. The third kappa shape index (κ3) is 3.12. The Labute approximate surface area is 143 Å². The van der Waals surface area contributed by atoms with Crippen LogP contribution in [0.2, 0.25) is 0 Å². The van der Waals surface area contributed by atoms with E-state index in [-0.39, 0.29) is 6.10 Å². The summed E-state index contributed by atoms with van der Waals surface area (Å²) >= 11 is 0. The lowest BCUT2D eigenvalue weighted by atomic mass is 9.82. The molecule has 24 heavy (non-hydrogen) atoms. The summed E-state index contributed by atoms with van der Waals surface area (Å²) in [6.07, 6.45) is 5.44. The van der Waals surface area contributed by atoms with E-state index in [2.05, 4.69) is 30.4 Å². The summed E-state index contributed by atoms with van der Waals surface area (Å²) in [6.45, 7) is 4.07. The van der Waals surface area contributed by atoms with Crippen molar-refractivity contribution in [2.45, 2.75) is 32.3 Å². The number of fused-ring (bicyclic) bond motifs is 1. The van der Waals surface area contributed by atoms with E-state index in [1.165, 1.54) is 11.1 Å². The molecule has 0 saturated heterocycles. The summed E-state index contributed by atoms with van der Waals surface area (Å²) in [7, 11) is 3.37. The highest BCUT2D eigenvalue weighted by atomic mass is 16.5. The van der Waals surface area contributed by atoms with Crippen LogP contribution in [0.3, 0.4) is 0 Å². The minimum Gasteiger partial charge on any atom is -0.497 e. The normalized spacial score (nSPS) is 16.0. The second-order valence-corrected chi connectivity index (χ2v) is 6.23. The van der Waals surface area contributed by atoms with Gasteiger partial charge in [0, 0.05) is 11.5 Å². The molecule has 1 aliphatic rings. The van der Waals surface area contributed by atoms with Gasteiger partial charge in [0.05, 0.1) is 20.3 Å². The van der Waals surface area contributed by atoms with E-state index < -0.39 is 0 Å². The Morgan fingerprint density at radius 1 is 0.958 bits per heavy atom.